The van der Waals surface area contributed by atoms with Gasteiger partial charge in [0.15, 0.2) is 0 Å². The molecule has 0 fully saturated rings. The lowest BCUT2D eigenvalue weighted by molar-refractivity contribution is -0.121. The van der Waals surface area contributed by atoms with E-state index in [4.69, 9.17) is 9.47 Å². The number of aromatic nitrogens is 2. The average Bonchev–Trinajstić information content (AvgIpc) is 3.47. The molecule has 0 atom stereocenters. The second kappa shape index (κ2) is 12.9. The molecule has 2 N–H and O–H groups in total. The third-order valence-electron chi connectivity index (χ3n) is 6.19. The number of carbonyl (C=O) groups is 2. The SMILES string of the molecule is COc1ccc(OC)c(NC(=O)Cn2c(=O)n(CCCCC(=O)NCc3cccs3)c(=O)c3ccccc32)c1. The second-order valence-corrected chi connectivity index (χ2v) is 9.80. The van der Waals surface area contributed by atoms with Crippen LogP contribution in [0.15, 0.2) is 69.6 Å². The summed E-state index contributed by atoms with van der Waals surface area (Å²) in [7, 11) is 3.00. The molecule has 2 aromatic heterocycles. The van der Waals surface area contributed by atoms with Gasteiger partial charge in [0, 0.05) is 23.9 Å². The van der Waals surface area contributed by atoms with E-state index in [9.17, 15) is 19.2 Å². The van der Waals surface area contributed by atoms with E-state index < -0.39 is 17.2 Å². The van der Waals surface area contributed by atoms with Gasteiger partial charge in [-0.25, -0.2) is 4.79 Å². The van der Waals surface area contributed by atoms with Gasteiger partial charge in [-0.3, -0.25) is 23.5 Å². The minimum atomic E-state index is -0.589. The van der Waals surface area contributed by atoms with E-state index in [-0.39, 0.29) is 25.4 Å². The van der Waals surface area contributed by atoms with Crippen molar-refractivity contribution in [3.63, 3.8) is 0 Å². The summed E-state index contributed by atoms with van der Waals surface area (Å²) < 4.78 is 13.0. The normalized spacial score (nSPS) is 10.8. The number of hydrogen-bond acceptors (Lipinski definition) is 7. The van der Waals surface area contributed by atoms with Gasteiger partial charge in [0.2, 0.25) is 11.8 Å². The Balaban J connectivity index is 1.48. The minimum Gasteiger partial charge on any atom is -0.497 e. The lowest BCUT2D eigenvalue weighted by atomic mass is 10.2. The molecule has 4 aromatic rings. The first-order chi connectivity index (χ1) is 18.9. The summed E-state index contributed by atoms with van der Waals surface area (Å²) >= 11 is 1.57. The molecule has 2 heterocycles. The van der Waals surface area contributed by atoms with Crippen molar-refractivity contribution in [3.8, 4) is 11.5 Å². The molecule has 0 aliphatic heterocycles. The van der Waals surface area contributed by atoms with Gasteiger partial charge in [-0.1, -0.05) is 18.2 Å². The highest BCUT2D eigenvalue weighted by atomic mass is 32.1. The van der Waals surface area contributed by atoms with Gasteiger partial charge in [-0.2, -0.15) is 0 Å². The Bertz CT molecular complexity index is 1580. The Labute approximate surface area is 228 Å². The summed E-state index contributed by atoms with van der Waals surface area (Å²) in [6.45, 7) is 0.298. The predicted molar refractivity (Wildman–Crippen MR) is 151 cm³/mol. The number of carbonyl (C=O) groups excluding carboxylic acids is 2. The maximum absolute atomic E-state index is 13.4. The zero-order valence-electron chi connectivity index (χ0n) is 21.8. The molecular formula is C28H30N4O6S. The molecular weight excluding hydrogens is 520 g/mol. The fourth-order valence-electron chi connectivity index (χ4n) is 4.21. The first-order valence-corrected chi connectivity index (χ1v) is 13.3. The van der Waals surface area contributed by atoms with Crippen LogP contribution in [-0.4, -0.2) is 35.2 Å². The van der Waals surface area contributed by atoms with Crippen molar-refractivity contribution in [3.05, 3.63) is 85.7 Å². The highest BCUT2D eigenvalue weighted by Crippen LogP contribution is 2.28. The lowest BCUT2D eigenvalue weighted by Crippen LogP contribution is -2.41. The minimum absolute atomic E-state index is 0.0867. The molecule has 11 heteroatoms. The van der Waals surface area contributed by atoms with Crippen LogP contribution in [0.5, 0.6) is 11.5 Å². The zero-order chi connectivity index (χ0) is 27.8. The van der Waals surface area contributed by atoms with Crippen molar-refractivity contribution in [1.29, 1.82) is 0 Å². The van der Waals surface area contributed by atoms with Crippen LogP contribution in [0.4, 0.5) is 5.69 Å². The molecule has 0 spiro atoms. The van der Waals surface area contributed by atoms with Crippen LogP contribution in [0.3, 0.4) is 0 Å². The van der Waals surface area contributed by atoms with Crippen LogP contribution in [0, 0.1) is 0 Å². The van der Waals surface area contributed by atoms with Crippen LogP contribution in [0.25, 0.3) is 10.9 Å². The quantitative estimate of drug-likeness (QED) is 0.261. The van der Waals surface area contributed by atoms with E-state index >= 15 is 0 Å². The smallest absolute Gasteiger partial charge is 0.331 e. The predicted octanol–water partition coefficient (Wildman–Crippen LogP) is 3.37. The standard InChI is InChI=1S/C28H30N4O6S/c1-37-19-12-13-24(38-2)22(16-19)30-26(34)18-32-23-10-4-3-9-21(23)27(35)31(28(32)36)14-6-5-11-25(33)29-17-20-8-7-15-39-20/h3-4,7-10,12-13,15-16H,5-6,11,14,17-18H2,1-2H3,(H,29,33)(H,30,34). The number of amides is 2. The summed E-state index contributed by atoms with van der Waals surface area (Å²) in [6, 6.07) is 15.6. The number of para-hydroxylation sites is 1. The van der Waals surface area contributed by atoms with E-state index in [1.807, 2.05) is 17.5 Å². The number of fused-ring (bicyclic) bond motifs is 1. The summed E-state index contributed by atoms with van der Waals surface area (Å²) in [4.78, 5) is 52.8. The fourth-order valence-corrected chi connectivity index (χ4v) is 4.85. The summed E-state index contributed by atoms with van der Waals surface area (Å²) in [5.74, 6) is 0.408. The third-order valence-corrected chi connectivity index (χ3v) is 7.07. The number of nitrogens with zero attached hydrogens (tertiary/aromatic N) is 2. The Kier molecular flexibility index (Phi) is 9.16. The Morgan fingerprint density at radius 3 is 2.49 bits per heavy atom. The molecule has 10 nitrogen and oxygen atoms in total. The van der Waals surface area contributed by atoms with Crippen molar-refractivity contribution in [2.24, 2.45) is 0 Å². The van der Waals surface area contributed by atoms with E-state index in [0.29, 0.717) is 47.5 Å². The fraction of sp³-hybridized carbons (Fsp3) is 0.286. The van der Waals surface area contributed by atoms with E-state index in [0.717, 1.165) is 9.44 Å². The largest absolute Gasteiger partial charge is 0.497 e. The molecule has 0 aliphatic rings. The average molecular weight is 551 g/mol. The molecule has 0 saturated carbocycles. The third kappa shape index (κ3) is 6.74. The first kappa shape index (κ1) is 27.6. The molecule has 0 saturated heterocycles. The van der Waals surface area contributed by atoms with Gasteiger partial charge in [-0.15, -0.1) is 11.3 Å². The Hall–Kier alpha value is -4.38. The molecule has 204 valence electrons. The maximum Gasteiger partial charge on any atom is 0.331 e. The first-order valence-electron chi connectivity index (χ1n) is 12.4. The summed E-state index contributed by atoms with van der Waals surface area (Å²) in [5, 5.41) is 7.92. The van der Waals surface area contributed by atoms with Crippen LogP contribution in [0.1, 0.15) is 24.1 Å². The van der Waals surface area contributed by atoms with E-state index in [1.54, 1.807) is 53.8 Å². The van der Waals surface area contributed by atoms with Crippen molar-refractivity contribution in [2.75, 3.05) is 19.5 Å². The molecule has 0 aliphatic carbocycles. The van der Waals surface area contributed by atoms with Gasteiger partial charge in [-0.05, 0) is 48.6 Å². The molecule has 2 aromatic carbocycles. The van der Waals surface area contributed by atoms with Crippen LogP contribution < -0.4 is 31.4 Å². The number of ether oxygens (including phenoxy) is 2. The Morgan fingerprint density at radius 2 is 1.74 bits per heavy atom. The van der Waals surface area contributed by atoms with Crippen LogP contribution in [-0.2, 0) is 29.2 Å². The second-order valence-electron chi connectivity index (χ2n) is 8.77. The van der Waals surface area contributed by atoms with Gasteiger partial charge < -0.3 is 20.1 Å². The number of unbranched alkanes of at least 4 members (excludes halogenated alkanes) is 1. The zero-order valence-corrected chi connectivity index (χ0v) is 22.6. The number of methoxy groups -OCH3 is 2. The van der Waals surface area contributed by atoms with Crippen LogP contribution in [0.2, 0.25) is 0 Å². The van der Waals surface area contributed by atoms with Gasteiger partial charge in [0.25, 0.3) is 5.56 Å². The van der Waals surface area contributed by atoms with E-state index in [1.165, 1.54) is 18.8 Å². The van der Waals surface area contributed by atoms with Gasteiger partial charge >= 0.3 is 5.69 Å². The van der Waals surface area contributed by atoms with Gasteiger partial charge in [0.05, 0.1) is 37.4 Å². The number of anilines is 1. The van der Waals surface area contributed by atoms with Crippen molar-refractivity contribution in [2.45, 2.75) is 38.9 Å². The molecule has 0 bridgehead atoms. The number of benzene rings is 2. The van der Waals surface area contributed by atoms with E-state index in [2.05, 4.69) is 10.6 Å². The van der Waals surface area contributed by atoms with Crippen molar-refractivity contribution in [1.82, 2.24) is 14.5 Å². The van der Waals surface area contributed by atoms with Crippen molar-refractivity contribution < 1.29 is 19.1 Å². The number of nitrogens with one attached hydrogen (secondary N) is 2. The number of hydrogen-bond donors (Lipinski definition) is 2. The number of rotatable bonds is 12. The summed E-state index contributed by atoms with van der Waals surface area (Å²) in [6.07, 6.45) is 1.24. The highest BCUT2D eigenvalue weighted by Gasteiger charge is 2.17. The number of thiophene rings is 1. The Morgan fingerprint density at radius 1 is 0.923 bits per heavy atom. The molecule has 0 unspecified atom stereocenters. The van der Waals surface area contributed by atoms with Gasteiger partial charge in [0.1, 0.15) is 18.0 Å². The molecule has 4 rings (SSSR count). The topological polar surface area (TPSA) is 121 Å². The van der Waals surface area contributed by atoms with Crippen LogP contribution >= 0.6 is 11.3 Å². The molecule has 2 amide bonds. The highest BCUT2D eigenvalue weighted by molar-refractivity contribution is 7.09. The maximum atomic E-state index is 13.4. The lowest BCUT2D eigenvalue weighted by Gasteiger charge is -2.15. The molecule has 39 heavy (non-hydrogen) atoms. The van der Waals surface area contributed by atoms with Crippen molar-refractivity contribution >= 4 is 39.7 Å². The molecule has 0 radical (unpaired) electrons. The summed E-state index contributed by atoms with van der Waals surface area (Å²) in [5.41, 5.74) is -0.258. The monoisotopic (exact) mass is 550 g/mol.